The van der Waals surface area contributed by atoms with Crippen molar-refractivity contribution >= 4 is 16.9 Å². The lowest BCUT2D eigenvalue weighted by atomic mass is 10.0. The minimum absolute atomic E-state index is 0.0394. The lowest BCUT2D eigenvalue weighted by molar-refractivity contribution is 0.0790. The van der Waals surface area contributed by atoms with Gasteiger partial charge in [0.2, 0.25) is 0 Å². The van der Waals surface area contributed by atoms with Crippen LogP contribution in [0.1, 0.15) is 28.4 Å². The first kappa shape index (κ1) is 13.0. The van der Waals surface area contributed by atoms with Gasteiger partial charge in [0.15, 0.2) is 5.65 Å². The van der Waals surface area contributed by atoms with E-state index in [1.807, 2.05) is 24.1 Å². The average Bonchev–Trinajstić information content (AvgIpc) is 3.24. The SMILES string of the molecule is Cn1cc(C(=O)N2CCC(c3[nH]nc4ncccc34)C2)cn1. The van der Waals surface area contributed by atoms with Gasteiger partial charge < -0.3 is 4.90 Å². The highest BCUT2D eigenvalue weighted by Gasteiger charge is 2.30. The van der Waals surface area contributed by atoms with E-state index in [9.17, 15) is 4.79 Å². The Labute approximate surface area is 126 Å². The highest BCUT2D eigenvalue weighted by atomic mass is 16.2. The molecule has 22 heavy (non-hydrogen) atoms. The maximum Gasteiger partial charge on any atom is 0.257 e. The van der Waals surface area contributed by atoms with Crippen molar-refractivity contribution in [1.82, 2.24) is 29.9 Å². The number of carbonyl (C=O) groups excluding carboxylic acids is 1. The molecule has 7 heteroatoms. The Bertz CT molecular complexity index is 835. The molecule has 1 saturated heterocycles. The Morgan fingerprint density at radius 3 is 3.18 bits per heavy atom. The van der Waals surface area contributed by atoms with Crippen LogP contribution in [0.4, 0.5) is 0 Å². The van der Waals surface area contributed by atoms with Gasteiger partial charge in [-0.1, -0.05) is 0 Å². The number of aromatic amines is 1. The molecule has 1 amide bonds. The zero-order valence-corrected chi connectivity index (χ0v) is 12.2. The van der Waals surface area contributed by atoms with Gasteiger partial charge in [-0.15, -0.1) is 0 Å². The molecule has 0 saturated carbocycles. The molecule has 4 heterocycles. The lowest BCUT2D eigenvalue weighted by Crippen LogP contribution is -2.28. The zero-order valence-electron chi connectivity index (χ0n) is 12.2. The summed E-state index contributed by atoms with van der Waals surface area (Å²) >= 11 is 0. The van der Waals surface area contributed by atoms with Crippen LogP contribution in [-0.4, -0.2) is 48.9 Å². The van der Waals surface area contributed by atoms with Crippen LogP contribution in [0.15, 0.2) is 30.7 Å². The van der Waals surface area contributed by atoms with Gasteiger partial charge in [0.25, 0.3) is 5.91 Å². The van der Waals surface area contributed by atoms with Crippen molar-refractivity contribution in [1.29, 1.82) is 0 Å². The van der Waals surface area contributed by atoms with Crippen LogP contribution in [0, 0.1) is 0 Å². The number of nitrogens with zero attached hydrogens (tertiary/aromatic N) is 5. The van der Waals surface area contributed by atoms with Gasteiger partial charge in [-0.05, 0) is 18.6 Å². The van der Waals surface area contributed by atoms with E-state index in [2.05, 4.69) is 20.3 Å². The summed E-state index contributed by atoms with van der Waals surface area (Å²) in [5, 5.41) is 12.4. The number of pyridine rings is 1. The molecule has 3 aromatic rings. The third kappa shape index (κ3) is 2.05. The van der Waals surface area contributed by atoms with Gasteiger partial charge in [0.1, 0.15) is 0 Å². The minimum Gasteiger partial charge on any atom is -0.338 e. The number of likely N-dealkylation sites (tertiary alicyclic amines) is 1. The Morgan fingerprint density at radius 2 is 2.36 bits per heavy atom. The Balaban J connectivity index is 1.56. The van der Waals surface area contributed by atoms with E-state index >= 15 is 0 Å². The van der Waals surface area contributed by atoms with E-state index in [-0.39, 0.29) is 11.8 Å². The summed E-state index contributed by atoms with van der Waals surface area (Å²) in [6.45, 7) is 1.44. The summed E-state index contributed by atoms with van der Waals surface area (Å²) in [6, 6.07) is 3.93. The lowest BCUT2D eigenvalue weighted by Gasteiger charge is -2.15. The van der Waals surface area contributed by atoms with Crippen molar-refractivity contribution in [3.63, 3.8) is 0 Å². The normalized spacial score (nSPS) is 18.2. The third-order valence-corrected chi connectivity index (χ3v) is 4.19. The number of H-pyrrole nitrogens is 1. The highest BCUT2D eigenvalue weighted by molar-refractivity contribution is 5.94. The summed E-state index contributed by atoms with van der Waals surface area (Å²) in [6.07, 6.45) is 6.04. The fourth-order valence-corrected chi connectivity index (χ4v) is 3.08. The van der Waals surface area contributed by atoms with Gasteiger partial charge in [0, 0.05) is 49.5 Å². The predicted molar refractivity (Wildman–Crippen MR) is 80.4 cm³/mol. The maximum absolute atomic E-state index is 12.5. The van der Waals surface area contributed by atoms with Crippen LogP contribution < -0.4 is 0 Å². The molecule has 1 unspecified atom stereocenters. The molecule has 1 atom stereocenters. The number of fused-ring (bicyclic) bond motifs is 1. The fourth-order valence-electron chi connectivity index (χ4n) is 3.08. The third-order valence-electron chi connectivity index (χ3n) is 4.19. The van der Waals surface area contributed by atoms with Crippen LogP contribution in [0.2, 0.25) is 0 Å². The van der Waals surface area contributed by atoms with Crippen molar-refractivity contribution in [2.24, 2.45) is 7.05 Å². The summed E-state index contributed by atoms with van der Waals surface area (Å²) in [4.78, 5) is 18.6. The second-order valence-electron chi connectivity index (χ2n) is 5.65. The number of hydrogen-bond donors (Lipinski definition) is 1. The molecule has 1 aliphatic rings. The molecule has 0 bridgehead atoms. The van der Waals surface area contributed by atoms with Gasteiger partial charge in [-0.3, -0.25) is 14.6 Å². The van der Waals surface area contributed by atoms with Crippen LogP contribution >= 0.6 is 0 Å². The molecule has 1 N–H and O–H groups in total. The van der Waals surface area contributed by atoms with Gasteiger partial charge >= 0.3 is 0 Å². The van der Waals surface area contributed by atoms with Gasteiger partial charge in [0.05, 0.1) is 11.8 Å². The zero-order chi connectivity index (χ0) is 15.1. The van der Waals surface area contributed by atoms with E-state index in [1.54, 1.807) is 23.3 Å². The number of nitrogens with one attached hydrogen (secondary N) is 1. The number of aromatic nitrogens is 5. The number of rotatable bonds is 2. The molecule has 3 aromatic heterocycles. The molecular formula is C15H16N6O. The summed E-state index contributed by atoms with van der Waals surface area (Å²) in [5.74, 6) is 0.312. The van der Waals surface area contributed by atoms with Crippen molar-refractivity contribution in [3.05, 3.63) is 42.0 Å². The van der Waals surface area contributed by atoms with Crippen molar-refractivity contribution in [2.75, 3.05) is 13.1 Å². The van der Waals surface area contributed by atoms with Gasteiger partial charge in [-0.2, -0.15) is 10.2 Å². The summed E-state index contributed by atoms with van der Waals surface area (Å²) in [5.41, 5.74) is 2.44. The van der Waals surface area contributed by atoms with Crippen LogP contribution in [0.3, 0.4) is 0 Å². The maximum atomic E-state index is 12.5. The summed E-state index contributed by atoms with van der Waals surface area (Å²) < 4.78 is 1.65. The molecule has 7 nitrogen and oxygen atoms in total. The Hall–Kier alpha value is -2.70. The first-order valence-corrected chi connectivity index (χ1v) is 7.29. The van der Waals surface area contributed by atoms with E-state index in [4.69, 9.17) is 0 Å². The Kier molecular flexibility index (Phi) is 2.92. The molecular weight excluding hydrogens is 280 g/mol. The Morgan fingerprint density at radius 1 is 1.45 bits per heavy atom. The van der Waals surface area contributed by atoms with E-state index < -0.39 is 0 Å². The molecule has 1 aliphatic heterocycles. The summed E-state index contributed by atoms with van der Waals surface area (Å²) in [7, 11) is 1.81. The molecule has 1 fully saturated rings. The minimum atomic E-state index is 0.0394. The molecule has 0 spiro atoms. The molecule has 0 radical (unpaired) electrons. The first-order chi connectivity index (χ1) is 10.7. The van der Waals surface area contributed by atoms with Gasteiger partial charge in [-0.25, -0.2) is 4.98 Å². The molecule has 0 aliphatic carbocycles. The van der Waals surface area contributed by atoms with Crippen LogP contribution in [-0.2, 0) is 7.05 Å². The van der Waals surface area contributed by atoms with Crippen molar-refractivity contribution < 1.29 is 4.79 Å². The van der Waals surface area contributed by atoms with Crippen LogP contribution in [0.25, 0.3) is 11.0 Å². The standard InChI is InChI=1S/C15H16N6O/c1-20-8-11(7-17-20)15(22)21-6-4-10(9-21)13-12-3-2-5-16-14(12)19-18-13/h2-3,5,7-8,10H,4,6,9H2,1H3,(H,16,18,19). The number of hydrogen-bond acceptors (Lipinski definition) is 4. The highest BCUT2D eigenvalue weighted by Crippen LogP contribution is 2.30. The van der Waals surface area contributed by atoms with E-state index in [0.29, 0.717) is 12.1 Å². The van der Waals surface area contributed by atoms with E-state index in [1.165, 1.54) is 0 Å². The second kappa shape index (κ2) is 4.94. The average molecular weight is 296 g/mol. The molecule has 112 valence electrons. The topological polar surface area (TPSA) is 79.7 Å². The predicted octanol–water partition coefficient (Wildman–Crippen LogP) is 1.32. The number of aryl methyl sites for hydroxylation is 1. The second-order valence-corrected chi connectivity index (χ2v) is 5.65. The fraction of sp³-hybridized carbons (Fsp3) is 0.333. The molecule has 0 aromatic carbocycles. The quantitative estimate of drug-likeness (QED) is 0.773. The number of carbonyl (C=O) groups is 1. The monoisotopic (exact) mass is 296 g/mol. The number of amides is 1. The van der Waals surface area contributed by atoms with Crippen molar-refractivity contribution in [2.45, 2.75) is 12.3 Å². The largest absolute Gasteiger partial charge is 0.338 e. The first-order valence-electron chi connectivity index (χ1n) is 7.29. The van der Waals surface area contributed by atoms with E-state index in [0.717, 1.165) is 29.7 Å². The molecule has 4 rings (SSSR count). The van der Waals surface area contributed by atoms with Crippen molar-refractivity contribution in [3.8, 4) is 0 Å². The van der Waals surface area contributed by atoms with Crippen LogP contribution in [0.5, 0.6) is 0 Å². The smallest absolute Gasteiger partial charge is 0.257 e.